The molecule has 3 rings (SSSR count). The zero-order valence-electron chi connectivity index (χ0n) is 18.7. The summed E-state index contributed by atoms with van der Waals surface area (Å²) in [5, 5.41) is 0. The van der Waals surface area contributed by atoms with Crippen LogP contribution in [0, 0.1) is 24.7 Å². The first-order valence-electron chi connectivity index (χ1n) is 10.6. The topological polar surface area (TPSA) is 97.1 Å². The van der Waals surface area contributed by atoms with Crippen LogP contribution < -0.4 is 0 Å². The quantitative estimate of drug-likeness (QED) is 0.375. The lowest BCUT2D eigenvalue weighted by molar-refractivity contribution is -0.152. The monoisotopic (exact) mass is 430 g/mol. The van der Waals surface area contributed by atoms with Crippen LogP contribution in [0.15, 0.2) is 22.6 Å². The molecule has 1 saturated heterocycles. The van der Waals surface area contributed by atoms with Gasteiger partial charge in [-0.05, 0) is 38.2 Å². The van der Waals surface area contributed by atoms with E-state index in [0.717, 1.165) is 0 Å². The highest BCUT2D eigenvalue weighted by Crippen LogP contribution is 2.37. The number of carbonyl (C=O) groups is 4. The summed E-state index contributed by atoms with van der Waals surface area (Å²) in [6.45, 7) is 5.67. The van der Waals surface area contributed by atoms with E-state index in [9.17, 15) is 19.2 Å². The van der Waals surface area contributed by atoms with E-state index in [1.807, 2.05) is 26.0 Å². The van der Waals surface area contributed by atoms with Gasteiger partial charge in [0.15, 0.2) is 0 Å². The van der Waals surface area contributed by atoms with Crippen LogP contribution >= 0.6 is 0 Å². The summed E-state index contributed by atoms with van der Waals surface area (Å²) in [5.74, 6) is -1.15. The summed E-state index contributed by atoms with van der Waals surface area (Å²) in [4.78, 5) is 53.9. The van der Waals surface area contributed by atoms with E-state index >= 15 is 0 Å². The Morgan fingerprint density at radius 3 is 2.29 bits per heavy atom. The number of furan rings is 1. The molecule has 3 atom stereocenters. The summed E-state index contributed by atoms with van der Waals surface area (Å²) >= 11 is 0. The number of esters is 1. The highest BCUT2D eigenvalue weighted by atomic mass is 16.5. The number of ether oxygens (including phenoxy) is 1. The van der Waals surface area contributed by atoms with Crippen molar-refractivity contribution in [1.82, 2.24) is 9.80 Å². The lowest BCUT2D eigenvalue weighted by Gasteiger charge is -2.30. The van der Waals surface area contributed by atoms with Gasteiger partial charge in [-0.2, -0.15) is 0 Å². The van der Waals surface area contributed by atoms with Crippen LogP contribution in [-0.4, -0.2) is 53.7 Å². The lowest BCUT2D eigenvalue weighted by atomic mass is 9.85. The fourth-order valence-electron chi connectivity index (χ4n) is 4.40. The highest BCUT2D eigenvalue weighted by molar-refractivity contribution is 6.08. The van der Waals surface area contributed by atoms with Gasteiger partial charge in [-0.15, -0.1) is 0 Å². The largest absolute Gasteiger partial charge is 0.465 e. The third kappa shape index (κ3) is 4.43. The summed E-state index contributed by atoms with van der Waals surface area (Å²) < 4.78 is 10.3. The number of aryl methyl sites for hydroxylation is 1. The van der Waals surface area contributed by atoms with E-state index in [1.54, 1.807) is 20.0 Å². The summed E-state index contributed by atoms with van der Waals surface area (Å²) in [5.41, 5.74) is 0.304. The molecule has 168 valence electrons. The number of hydrogen-bond donors (Lipinski definition) is 0. The third-order valence-corrected chi connectivity index (χ3v) is 5.98. The number of nitrogens with zero attached hydrogens (tertiary/aromatic N) is 2. The Bertz CT molecular complexity index is 889. The average molecular weight is 431 g/mol. The van der Waals surface area contributed by atoms with E-state index < -0.39 is 12.0 Å². The Morgan fingerprint density at radius 2 is 1.77 bits per heavy atom. The summed E-state index contributed by atoms with van der Waals surface area (Å²) in [7, 11) is 2.89. The van der Waals surface area contributed by atoms with Crippen molar-refractivity contribution < 1.29 is 28.3 Å². The van der Waals surface area contributed by atoms with Gasteiger partial charge in [-0.25, -0.2) is 4.79 Å². The van der Waals surface area contributed by atoms with Crippen LogP contribution in [0.4, 0.5) is 0 Å². The normalized spacial score (nSPS) is 21.4. The second-order valence-corrected chi connectivity index (χ2v) is 8.72. The van der Waals surface area contributed by atoms with Crippen molar-refractivity contribution in [1.29, 1.82) is 0 Å². The van der Waals surface area contributed by atoms with Crippen molar-refractivity contribution in [2.45, 2.75) is 52.6 Å². The van der Waals surface area contributed by atoms with Crippen LogP contribution in [0.5, 0.6) is 0 Å². The molecule has 0 saturated carbocycles. The van der Waals surface area contributed by atoms with Gasteiger partial charge >= 0.3 is 5.97 Å². The molecule has 0 radical (unpaired) electrons. The van der Waals surface area contributed by atoms with E-state index in [0.29, 0.717) is 36.3 Å². The van der Waals surface area contributed by atoms with Gasteiger partial charge in [-0.3, -0.25) is 19.3 Å². The molecule has 3 amide bonds. The van der Waals surface area contributed by atoms with Crippen LogP contribution in [0.3, 0.4) is 0 Å². The molecule has 3 unspecified atom stereocenters. The standard InChI is InChI=1S/C23H30N2O6/c1-13(2)10-19(25-20(26)16-8-6-7-9-17(16)21(25)27)22(28)24(4)12-15-11-18(14(3)31-15)23(29)30-5/h6-7,11,13,16-17,19H,8-10,12H2,1-5H3. The molecule has 0 spiro atoms. The Kier molecular flexibility index (Phi) is 6.67. The predicted octanol–water partition coefficient (Wildman–Crippen LogP) is 2.70. The van der Waals surface area contributed by atoms with Gasteiger partial charge in [0.1, 0.15) is 23.1 Å². The number of likely N-dealkylation sites (tertiary alicyclic amines) is 1. The number of allylic oxidation sites excluding steroid dienone is 2. The molecule has 1 aromatic heterocycles. The van der Waals surface area contributed by atoms with Crippen molar-refractivity contribution in [2.24, 2.45) is 17.8 Å². The molecule has 2 heterocycles. The van der Waals surface area contributed by atoms with Crippen molar-refractivity contribution in [3.63, 3.8) is 0 Å². The molecule has 1 fully saturated rings. The smallest absolute Gasteiger partial charge is 0.341 e. The Balaban J connectivity index is 1.81. The molecule has 0 N–H and O–H groups in total. The van der Waals surface area contributed by atoms with Crippen molar-refractivity contribution >= 4 is 23.7 Å². The number of carbonyl (C=O) groups excluding carboxylic acids is 4. The zero-order chi connectivity index (χ0) is 22.9. The summed E-state index contributed by atoms with van der Waals surface area (Å²) in [6.07, 6.45) is 5.31. The first-order chi connectivity index (χ1) is 14.6. The van der Waals surface area contributed by atoms with Gasteiger partial charge in [0.2, 0.25) is 17.7 Å². The first kappa shape index (κ1) is 22.8. The van der Waals surface area contributed by atoms with Gasteiger partial charge in [0, 0.05) is 7.05 Å². The SMILES string of the molecule is COC(=O)c1cc(CN(C)C(=O)C(CC(C)C)N2C(=O)C3CC=CCC3C2=O)oc1C. The molecule has 0 bridgehead atoms. The molecule has 8 nitrogen and oxygen atoms in total. The van der Waals surface area contributed by atoms with Gasteiger partial charge in [-0.1, -0.05) is 26.0 Å². The maximum absolute atomic E-state index is 13.4. The molecular formula is C23H30N2O6. The number of likely N-dealkylation sites (N-methyl/N-ethyl adjacent to an activating group) is 1. The van der Waals surface area contributed by atoms with Crippen molar-refractivity contribution in [2.75, 3.05) is 14.2 Å². The molecule has 31 heavy (non-hydrogen) atoms. The second-order valence-electron chi connectivity index (χ2n) is 8.72. The van der Waals surface area contributed by atoms with Crippen molar-refractivity contribution in [3.8, 4) is 0 Å². The number of fused-ring (bicyclic) bond motifs is 1. The molecular weight excluding hydrogens is 400 g/mol. The average Bonchev–Trinajstić information content (AvgIpc) is 3.22. The molecule has 2 aliphatic rings. The lowest BCUT2D eigenvalue weighted by Crippen LogP contribution is -2.50. The number of imide groups is 1. The minimum Gasteiger partial charge on any atom is -0.465 e. The van der Waals surface area contributed by atoms with Gasteiger partial charge in [0.05, 0.1) is 25.5 Å². The van der Waals surface area contributed by atoms with Crippen LogP contribution in [0.1, 0.15) is 55.0 Å². The number of rotatable bonds is 7. The summed E-state index contributed by atoms with van der Waals surface area (Å²) in [6, 6.07) is 0.696. The highest BCUT2D eigenvalue weighted by Gasteiger charge is 2.51. The minimum absolute atomic E-state index is 0.107. The molecule has 1 aromatic rings. The van der Waals surface area contributed by atoms with Crippen molar-refractivity contribution in [3.05, 3.63) is 35.3 Å². The van der Waals surface area contributed by atoms with E-state index in [4.69, 9.17) is 9.15 Å². The first-order valence-corrected chi connectivity index (χ1v) is 10.6. The van der Waals surface area contributed by atoms with Crippen LogP contribution in [-0.2, 0) is 25.7 Å². The third-order valence-electron chi connectivity index (χ3n) is 5.98. The molecule has 0 aromatic carbocycles. The second kappa shape index (κ2) is 9.08. The van der Waals surface area contributed by atoms with E-state index in [-0.39, 0.29) is 42.0 Å². The minimum atomic E-state index is -0.855. The van der Waals surface area contributed by atoms with Gasteiger partial charge < -0.3 is 14.1 Å². The number of amides is 3. The number of methoxy groups -OCH3 is 1. The Hall–Kier alpha value is -2.90. The zero-order valence-corrected chi connectivity index (χ0v) is 18.7. The fraction of sp³-hybridized carbons (Fsp3) is 0.565. The van der Waals surface area contributed by atoms with Gasteiger partial charge in [0.25, 0.3) is 0 Å². The fourth-order valence-corrected chi connectivity index (χ4v) is 4.40. The molecule has 1 aliphatic heterocycles. The van der Waals surface area contributed by atoms with Crippen LogP contribution in [0.2, 0.25) is 0 Å². The molecule has 8 heteroatoms. The van der Waals surface area contributed by atoms with E-state index in [2.05, 4.69) is 0 Å². The van der Waals surface area contributed by atoms with E-state index in [1.165, 1.54) is 16.9 Å². The van der Waals surface area contributed by atoms with Crippen LogP contribution in [0.25, 0.3) is 0 Å². The Morgan fingerprint density at radius 1 is 1.19 bits per heavy atom. The molecule has 1 aliphatic carbocycles. The maximum Gasteiger partial charge on any atom is 0.341 e. The number of hydrogen-bond acceptors (Lipinski definition) is 6. The predicted molar refractivity (Wildman–Crippen MR) is 112 cm³/mol. The Labute approximate surface area is 182 Å². The maximum atomic E-state index is 13.4.